The van der Waals surface area contributed by atoms with Gasteiger partial charge in [-0.15, -0.1) is 0 Å². The second-order valence-corrected chi connectivity index (χ2v) is 7.05. The molecule has 1 N–H and O–H groups in total. The first-order valence-electron chi connectivity index (χ1n) is 7.04. The summed E-state index contributed by atoms with van der Waals surface area (Å²) in [4.78, 5) is 32.5. The Bertz CT molecular complexity index is 956. The van der Waals surface area contributed by atoms with E-state index in [0.717, 1.165) is 32.9 Å². The molecule has 2 amide bonds. The summed E-state index contributed by atoms with van der Waals surface area (Å²) in [6.07, 6.45) is 1.58. The molecule has 3 heterocycles. The maximum atomic E-state index is 11.9. The number of rotatable bonds is 3. The normalized spacial score (nSPS) is 16.7. The molecule has 0 radical (unpaired) electrons. The molecule has 0 saturated carbocycles. The second kappa shape index (κ2) is 5.88. The molecule has 0 unspecified atom stereocenters. The maximum Gasteiger partial charge on any atom is 0.293 e. The van der Waals surface area contributed by atoms with Crippen LogP contribution >= 0.6 is 23.5 Å². The number of furan rings is 1. The zero-order chi connectivity index (χ0) is 16.7. The van der Waals surface area contributed by atoms with E-state index in [2.05, 4.69) is 9.97 Å². The van der Waals surface area contributed by atoms with E-state index in [1.54, 1.807) is 18.2 Å². The van der Waals surface area contributed by atoms with Crippen molar-refractivity contribution >= 4 is 51.8 Å². The van der Waals surface area contributed by atoms with Crippen molar-refractivity contribution in [3.05, 3.63) is 47.1 Å². The number of carbonyl (C=O) groups excluding carboxylic acids is 2. The van der Waals surface area contributed by atoms with Crippen molar-refractivity contribution in [3.8, 4) is 0 Å². The Hall–Kier alpha value is -2.45. The fourth-order valence-corrected chi connectivity index (χ4v) is 3.79. The van der Waals surface area contributed by atoms with E-state index in [1.165, 1.54) is 18.8 Å². The third-order valence-electron chi connectivity index (χ3n) is 3.43. The first-order chi connectivity index (χ1) is 11.6. The summed E-state index contributed by atoms with van der Waals surface area (Å²) in [5.41, 5.74) is 1.85. The number of thioether (sulfide) groups is 1. The third-order valence-corrected chi connectivity index (χ3v) is 5.20. The fraction of sp³-hybridized carbons (Fsp3) is 0.0625. The van der Waals surface area contributed by atoms with Crippen LogP contribution in [-0.4, -0.2) is 33.1 Å². The monoisotopic (exact) mass is 357 g/mol. The van der Waals surface area contributed by atoms with E-state index >= 15 is 0 Å². The summed E-state index contributed by atoms with van der Waals surface area (Å²) in [6.45, 7) is 0. The standard InChI is InChI=1S/C16H11N3O3S2/c1-19-14(20)12(23-16(19)21)8-9-6-7-13(22-9)24-15-17-10-4-2-3-5-11(10)18-15/h2-8H,1H3,(H,17,18)/b12-8+. The molecule has 1 aliphatic rings. The fourth-order valence-electron chi connectivity index (χ4n) is 2.21. The Morgan fingerprint density at radius 2 is 2.08 bits per heavy atom. The first-order valence-corrected chi connectivity index (χ1v) is 8.67. The smallest absolute Gasteiger partial charge is 0.293 e. The van der Waals surface area contributed by atoms with Crippen molar-refractivity contribution in [3.63, 3.8) is 0 Å². The predicted octanol–water partition coefficient (Wildman–Crippen LogP) is 3.97. The van der Waals surface area contributed by atoms with Gasteiger partial charge in [0.15, 0.2) is 10.2 Å². The molecule has 2 aromatic heterocycles. The van der Waals surface area contributed by atoms with Crippen LogP contribution in [0.25, 0.3) is 17.1 Å². The average Bonchev–Trinajstić information content (AvgIpc) is 3.24. The van der Waals surface area contributed by atoms with Crippen LogP contribution in [0.15, 0.2) is 56.0 Å². The highest BCUT2D eigenvalue weighted by Gasteiger charge is 2.32. The summed E-state index contributed by atoms with van der Waals surface area (Å²) >= 11 is 2.27. The zero-order valence-corrected chi connectivity index (χ0v) is 14.1. The molecule has 0 spiro atoms. The summed E-state index contributed by atoms with van der Waals surface area (Å²) in [6, 6.07) is 11.3. The molecule has 1 saturated heterocycles. The van der Waals surface area contributed by atoms with Gasteiger partial charge in [-0.05, 0) is 47.8 Å². The van der Waals surface area contributed by atoms with Gasteiger partial charge in [-0.25, -0.2) is 4.98 Å². The predicted molar refractivity (Wildman–Crippen MR) is 92.7 cm³/mol. The van der Waals surface area contributed by atoms with Gasteiger partial charge in [0.2, 0.25) is 0 Å². The van der Waals surface area contributed by atoms with Crippen molar-refractivity contribution in [2.24, 2.45) is 0 Å². The molecule has 24 heavy (non-hydrogen) atoms. The number of hydrogen-bond acceptors (Lipinski definition) is 6. The van der Waals surface area contributed by atoms with Crippen LogP contribution in [0.4, 0.5) is 4.79 Å². The Balaban J connectivity index is 1.55. The molecule has 0 bridgehead atoms. The van der Waals surface area contributed by atoms with E-state index < -0.39 is 0 Å². The van der Waals surface area contributed by atoms with Gasteiger partial charge in [-0.2, -0.15) is 0 Å². The van der Waals surface area contributed by atoms with E-state index in [-0.39, 0.29) is 11.1 Å². The Morgan fingerprint density at radius 1 is 1.25 bits per heavy atom. The van der Waals surface area contributed by atoms with Crippen molar-refractivity contribution in [1.82, 2.24) is 14.9 Å². The van der Waals surface area contributed by atoms with Crippen molar-refractivity contribution in [2.75, 3.05) is 7.05 Å². The van der Waals surface area contributed by atoms with Gasteiger partial charge in [0.1, 0.15) is 5.76 Å². The van der Waals surface area contributed by atoms with Gasteiger partial charge in [-0.1, -0.05) is 12.1 Å². The highest BCUT2D eigenvalue weighted by Crippen LogP contribution is 2.33. The molecular weight excluding hydrogens is 346 g/mol. The topological polar surface area (TPSA) is 79.2 Å². The second-order valence-electron chi connectivity index (χ2n) is 5.06. The molecular formula is C16H11N3O3S2. The van der Waals surface area contributed by atoms with Crippen molar-refractivity contribution in [1.29, 1.82) is 0 Å². The molecule has 120 valence electrons. The number of nitrogens with one attached hydrogen (secondary N) is 1. The lowest BCUT2D eigenvalue weighted by Gasteiger charge is -2.00. The summed E-state index contributed by atoms with van der Waals surface area (Å²) in [7, 11) is 1.46. The van der Waals surface area contributed by atoms with Crippen LogP contribution in [0.5, 0.6) is 0 Å². The highest BCUT2D eigenvalue weighted by atomic mass is 32.2. The lowest BCUT2D eigenvalue weighted by Crippen LogP contribution is -2.22. The molecule has 8 heteroatoms. The molecule has 6 nitrogen and oxygen atoms in total. The number of amides is 2. The molecule has 0 aliphatic carbocycles. The Morgan fingerprint density at radius 3 is 2.83 bits per heavy atom. The van der Waals surface area contributed by atoms with Gasteiger partial charge >= 0.3 is 0 Å². The lowest BCUT2D eigenvalue weighted by molar-refractivity contribution is -0.121. The quantitative estimate of drug-likeness (QED) is 0.715. The van der Waals surface area contributed by atoms with Crippen molar-refractivity contribution in [2.45, 2.75) is 10.2 Å². The van der Waals surface area contributed by atoms with E-state index in [1.807, 2.05) is 24.3 Å². The van der Waals surface area contributed by atoms with Gasteiger partial charge in [0.05, 0.1) is 15.9 Å². The van der Waals surface area contributed by atoms with E-state index in [9.17, 15) is 9.59 Å². The Labute approximate surface area is 145 Å². The minimum absolute atomic E-state index is 0.283. The zero-order valence-electron chi connectivity index (χ0n) is 12.5. The molecule has 4 rings (SSSR count). The molecule has 0 atom stereocenters. The number of H-pyrrole nitrogens is 1. The minimum Gasteiger partial charge on any atom is -0.450 e. The summed E-state index contributed by atoms with van der Waals surface area (Å²) < 4.78 is 5.70. The van der Waals surface area contributed by atoms with Crippen molar-refractivity contribution < 1.29 is 14.0 Å². The number of likely N-dealkylation sites (N-methyl/N-ethyl adjacent to an activating group) is 1. The lowest BCUT2D eigenvalue weighted by atomic mass is 10.3. The highest BCUT2D eigenvalue weighted by molar-refractivity contribution is 8.18. The Kier molecular flexibility index (Phi) is 3.70. The molecule has 1 fully saturated rings. The first kappa shape index (κ1) is 15.1. The summed E-state index contributed by atoms with van der Waals surface area (Å²) in [5, 5.41) is 1.09. The number of fused-ring (bicyclic) bond motifs is 1. The van der Waals surface area contributed by atoms with E-state index in [4.69, 9.17) is 4.42 Å². The van der Waals surface area contributed by atoms with Gasteiger partial charge in [0.25, 0.3) is 11.1 Å². The average molecular weight is 357 g/mol. The number of nitrogens with zero attached hydrogens (tertiary/aromatic N) is 2. The van der Waals surface area contributed by atoms with Gasteiger partial charge < -0.3 is 9.40 Å². The SMILES string of the molecule is CN1C(=O)S/C(=C/c2ccc(Sc3nc4ccccc4[nH]3)o2)C1=O. The number of para-hydroxylation sites is 2. The number of carbonyl (C=O) groups is 2. The van der Waals surface area contributed by atoms with Gasteiger partial charge in [-0.3, -0.25) is 14.5 Å². The number of imide groups is 1. The van der Waals surface area contributed by atoms with Crippen LogP contribution < -0.4 is 0 Å². The molecule has 1 aromatic carbocycles. The van der Waals surface area contributed by atoms with Crippen LogP contribution in [0.2, 0.25) is 0 Å². The van der Waals surface area contributed by atoms with Crippen LogP contribution in [0, 0.1) is 0 Å². The van der Waals surface area contributed by atoms with Crippen LogP contribution in [0.3, 0.4) is 0 Å². The third kappa shape index (κ3) is 2.74. The summed E-state index contributed by atoms with van der Waals surface area (Å²) in [5.74, 6) is 0.209. The van der Waals surface area contributed by atoms with E-state index in [0.29, 0.717) is 15.8 Å². The number of aromatic amines is 1. The largest absolute Gasteiger partial charge is 0.450 e. The molecule has 3 aromatic rings. The number of aromatic nitrogens is 2. The number of imidazole rings is 1. The minimum atomic E-state index is -0.312. The van der Waals surface area contributed by atoms with Gasteiger partial charge in [0, 0.05) is 13.1 Å². The van der Waals surface area contributed by atoms with Crippen LogP contribution in [0.1, 0.15) is 5.76 Å². The maximum absolute atomic E-state index is 11.9. The number of hydrogen-bond donors (Lipinski definition) is 1. The number of benzene rings is 1. The molecule has 1 aliphatic heterocycles. The van der Waals surface area contributed by atoms with Crippen LogP contribution in [-0.2, 0) is 4.79 Å².